The van der Waals surface area contributed by atoms with Crippen LogP contribution in [0.4, 0.5) is 17.2 Å². The Hall–Kier alpha value is -3.25. The average Bonchev–Trinajstić information content (AvgIpc) is 3.33. The van der Waals surface area contributed by atoms with E-state index in [0.717, 1.165) is 65.7 Å². The molecule has 0 saturated carbocycles. The molecule has 0 unspecified atom stereocenters. The first-order valence-electron chi connectivity index (χ1n) is 9.92. The van der Waals surface area contributed by atoms with Crippen molar-refractivity contribution in [3.05, 3.63) is 60.4 Å². The number of hydrogen-bond donors (Lipinski definition) is 0. The Morgan fingerprint density at radius 2 is 1.90 bits per heavy atom. The Balaban J connectivity index is 1.70. The largest absolute Gasteiger partial charge is 0.378 e. The molecule has 0 amide bonds. The van der Waals surface area contributed by atoms with E-state index < -0.39 is 0 Å². The van der Waals surface area contributed by atoms with Crippen LogP contribution in [-0.4, -0.2) is 56.1 Å². The molecule has 2 aliphatic rings. The maximum Gasteiger partial charge on any atom is 0.131 e. The first kappa shape index (κ1) is 17.8. The Morgan fingerprint density at radius 3 is 2.66 bits per heavy atom. The fraction of sp³-hybridized carbons (Fsp3) is 0.261. The summed E-state index contributed by atoms with van der Waals surface area (Å²) in [6.45, 7) is 3.78. The lowest BCUT2D eigenvalue weighted by atomic mass is 10.1. The summed E-state index contributed by atoms with van der Waals surface area (Å²) in [6.07, 6.45) is 5.75. The third-order valence-electron chi connectivity index (χ3n) is 5.48. The summed E-state index contributed by atoms with van der Waals surface area (Å²) in [5, 5.41) is 1.09. The number of aliphatic imine (C=N–C) groups is 1. The lowest BCUT2D eigenvalue weighted by molar-refractivity contribution is 0.122. The average molecular weight is 385 g/mol. The molecule has 0 radical (unpaired) electrons. The van der Waals surface area contributed by atoms with E-state index in [1.54, 1.807) is 0 Å². The van der Waals surface area contributed by atoms with Gasteiger partial charge >= 0.3 is 0 Å². The standard InChI is InChI=1S/C23H23N5O/c1-27(18-5-3-2-4-6-18)20-15-21(28-11-13-29-14-12-28)26-23-19(20)8-10-25-22(23)17-7-9-24-16-17/h2-10,15H,11-14,16H2,1H3. The zero-order valence-electron chi connectivity index (χ0n) is 16.5. The molecule has 5 rings (SSSR count). The van der Waals surface area contributed by atoms with Gasteiger partial charge in [0.1, 0.15) is 11.3 Å². The van der Waals surface area contributed by atoms with E-state index in [9.17, 15) is 0 Å². The number of benzene rings is 1. The molecule has 2 aromatic heterocycles. The minimum absolute atomic E-state index is 0.652. The highest BCUT2D eigenvalue weighted by molar-refractivity contribution is 6.02. The summed E-state index contributed by atoms with van der Waals surface area (Å²) >= 11 is 0. The van der Waals surface area contributed by atoms with E-state index in [1.807, 2.05) is 24.6 Å². The maximum absolute atomic E-state index is 5.54. The third kappa shape index (κ3) is 3.36. The zero-order valence-corrected chi connectivity index (χ0v) is 16.5. The zero-order chi connectivity index (χ0) is 19.6. The van der Waals surface area contributed by atoms with Crippen LogP contribution in [0.15, 0.2) is 59.7 Å². The van der Waals surface area contributed by atoms with Gasteiger partial charge in [-0.25, -0.2) is 4.98 Å². The number of anilines is 3. The number of pyridine rings is 2. The van der Waals surface area contributed by atoms with E-state index in [4.69, 9.17) is 9.72 Å². The van der Waals surface area contributed by atoms with Gasteiger partial charge < -0.3 is 14.5 Å². The van der Waals surface area contributed by atoms with Gasteiger partial charge in [-0.15, -0.1) is 0 Å². The fourth-order valence-corrected chi connectivity index (χ4v) is 3.88. The van der Waals surface area contributed by atoms with Crippen molar-refractivity contribution in [1.29, 1.82) is 0 Å². The van der Waals surface area contributed by atoms with E-state index in [-0.39, 0.29) is 0 Å². The summed E-state index contributed by atoms with van der Waals surface area (Å²) in [6, 6.07) is 14.6. The smallest absolute Gasteiger partial charge is 0.131 e. The molecular formula is C23H23N5O. The number of morpholine rings is 1. The molecule has 1 aromatic carbocycles. The Labute approximate surface area is 170 Å². The summed E-state index contributed by atoms with van der Waals surface area (Å²) in [5.74, 6) is 0.965. The van der Waals surface area contributed by atoms with Gasteiger partial charge in [-0.05, 0) is 24.3 Å². The second-order valence-electron chi connectivity index (χ2n) is 7.23. The van der Waals surface area contributed by atoms with Crippen LogP contribution in [0.1, 0.15) is 5.69 Å². The molecule has 6 nitrogen and oxygen atoms in total. The highest BCUT2D eigenvalue weighted by Crippen LogP contribution is 2.36. The summed E-state index contributed by atoms with van der Waals surface area (Å²) in [5.41, 5.74) is 5.19. The number of fused-ring (bicyclic) bond motifs is 1. The van der Waals surface area contributed by atoms with Crippen molar-refractivity contribution in [3.63, 3.8) is 0 Å². The van der Waals surface area contributed by atoms with Gasteiger partial charge in [0, 0.05) is 55.3 Å². The first-order chi connectivity index (χ1) is 14.3. The number of nitrogens with zero attached hydrogens (tertiary/aromatic N) is 5. The van der Waals surface area contributed by atoms with Gasteiger partial charge in [-0.1, -0.05) is 18.2 Å². The second-order valence-corrected chi connectivity index (χ2v) is 7.23. The molecule has 0 atom stereocenters. The van der Waals surface area contributed by atoms with Crippen molar-refractivity contribution in [2.45, 2.75) is 0 Å². The summed E-state index contributed by atoms with van der Waals surface area (Å²) < 4.78 is 5.54. The predicted octanol–water partition coefficient (Wildman–Crippen LogP) is 3.70. The highest BCUT2D eigenvalue weighted by atomic mass is 16.5. The second kappa shape index (κ2) is 7.64. The van der Waals surface area contributed by atoms with E-state index in [1.165, 1.54) is 0 Å². The molecule has 0 bridgehead atoms. The van der Waals surface area contributed by atoms with Crippen LogP contribution < -0.4 is 9.80 Å². The van der Waals surface area contributed by atoms with Gasteiger partial charge in [0.05, 0.1) is 31.1 Å². The predicted molar refractivity (Wildman–Crippen MR) is 118 cm³/mol. The fourth-order valence-electron chi connectivity index (χ4n) is 3.88. The molecule has 6 heteroatoms. The quantitative estimate of drug-likeness (QED) is 0.685. The molecule has 0 N–H and O–H groups in total. The highest BCUT2D eigenvalue weighted by Gasteiger charge is 2.20. The monoisotopic (exact) mass is 385 g/mol. The first-order valence-corrected chi connectivity index (χ1v) is 9.92. The third-order valence-corrected chi connectivity index (χ3v) is 5.48. The molecule has 1 saturated heterocycles. The summed E-state index contributed by atoms with van der Waals surface area (Å²) in [7, 11) is 2.10. The van der Waals surface area contributed by atoms with Crippen LogP contribution in [0.2, 0.25) is 0 Å². The Bertz CT molecular complexity index is 1090. The molecule has 0 spiro atoms. The number of rotatable bonds is 4. The van der Waals surface area contributed by atoms with Crippen LogP contribution in [0, 0.1) is 0 Å². The van der Waals surface area contributed by atoms with Crippen LogP contribution in [-0.2, 0) is 4.74 Å². The van der Waals surface area contributed by atoms with Crippen LogP contribution >= 0.6 is 0 Å². The van der Waals surface area contributed by atoms with Crippen molar-refractivity contribution in [1.82, 2.24) is 9.97 Å². The van der Waals surface area contributed by atoms with Gasteiger partial charge in [-0.3, -0.25) is 9.98 Å². The minimum Gasteiger partial charge on any atom is -0.378 e. The SMILES string of the molecule is CN(c1ccccc1)c1cc(N2CCOCC2)nc2c(C3=CC=NC3)nccc12. The molecular weight excluding hydrogens is 362 g/mol. The van der Waals surface area contributed by atoms with E-state index in [2.05, 4.69) is 63.2 Å². The van der Waals surface area contributed by atoms with Crippen molar-refractivity contribution in [2.24, 2.45) is 4.99 Å². The maximum atomic E-state index is 5.54. The van der Waals surface area contributed by atoms with Gasteiger partial charge in [-0.2, -0.15) is 0 Å². The van der Waals surface area contributed by atoms with E-state index in [0.29, 0.717) is 6.54 Å². The summed E-state index contributed by atoms with van der Waals surface area (Å²) in [4.78, 5) is 18.6. The lowest BCUT2D eigenvalue weighted by Gasteiger charge is -2.30. The minimum atomic E-state index is 0.652. The van der Waals surface area contributed by atoms with Crippen molar-refractivity contribution < 1.29 is 4.74 Å². The molecule has 29 heavy (non-hydrogen) atoms. The van der Waals surface area contributed by atoms with Crippen LogP contribution in [0.5, 0.6) is 0 Å². The molecule has 146 valence electrons. The normalized spacial score (nSPS) is 16.3. The van der Waals surface area contributed by atoms with Crippen molar-refractivity contribution in [2.75, 3.05) is 49.7 Å². The molecule has 4 heterocycles. The molecule has 1 fully saturated rings. The van der Waals surface area contributed by atoms with Crippen molar-refractivity contribution in [3.8, 4) is 0 Å². The number of allylic oxidation sites excluding steroid dienone is 1. The van der Waals surface area contributed by atoms with Gasteiger partial charge in [0.15, 0.2) is 0 Å². The number of para-hydroxylation sites is 1. The number of ether oxygens (including phenoxy) is 1. The molecule has 3 aromatic rings. The van der Waals surface area contributed by atoms with Crippen LogP contribution in [0.3, 0.4) is 0 Å². The van der Waals surface area contributed by atoms with Crippen LogP contribution in [0.25, 0.3) is 16.5 Å². The van der Waals surface area contributed by atoms with Gasteiger partial charge in [0.2, 0.25) is 0 Å². The number of aromatic nitrogens is 2. The van der Waals surface area contributed by atoms with Gasteiger partial charge in [0.25, 0.3) is 0 Å². The van der Waals surface area contributed by atoms with E-state index >= 15 is 0 Å². The molecule has 0 aliphatic carbocycles. The van der Waals surface area contributed by atoms with Crippen molar-refractivity contribution >= 4 is 39.9 Å². The topological polar surface area (TPSA) is 53.9 Å². The lowest BCUT2D eigenvalue weighted by Crippen LogP contribution is -2.36. The molecule has 2 aliphatic heterocycles. The Morgan fingerprint density at radius 1 is 1.07 bits per heavy atom. The Kier molecular flexibility index (Phi) is 4.69. The number of hydrogen-bond acceptors (Lipinski definition) is 6.